The minimum atomic E-state index is -0.882. The number of nitrogens with zero attached hydrogens (tertiary/aromatic N) is 1. The third kappa shape index (κ3) is 2.43. The smallest absolute Gasteiger partial charge is 0.484 e. The number of halogens is 1. The zero-order valence-corrected chi connectivity index (χ0v) is 7.47. The lowest BCUT2D eigenvalue weighted by Gasteiger charge is -2.01. The Morgan fingerprint density at radius 3 is 2.67 bits per heavy atom. The van der Waals surface area contributed by atoms with Crippen molar-refractivity contribution in [1.82, 2.24) is 5.16 Å². The van der Waals surface area contributed by atoms with E-state index in [-0.39, 0.29) is 18.3 Å². The summed E-state index contributed by atoms with van der Waals surface area (Å²) in [5, 5.41) is 3.30. The highest BCUT2D eigenvalue weighted by Gasteiger charge is 2.04. The van der Waals surface area contributed by atoms with Crippen molar-refractivity contribution < 1.29 is 18.1 Å². The van der Waals surface area contributed by atoms with Gasteiger partial charge < -0.3 is 9.15 Å². The van der Waals surface area contributed by atoms with Gasteiger partial charge in [-0.2, -0.15) is 0 Å². The van der Waals surface area contributed by atoms with Crippen LogP contribution in [0.25, 0.3) is 0 Å². The van der Waals surface area contributed by atoms with Crippen molar-refractivity contribution in [2.24, 2.45) is 0 Å². The van der Waals surface area contributed by atoms with Gasteiger partial charge in [0.2, 0.25) is 0 Å². The molecule has 0 N–H and O–H groups in total. The molecule has 0 radical (unpaired) electrons. The number of ether oxygens (including phenoxy) is 1. The van der Waals surface area contributed by atoms with Gasteiger partial charge in [0, 0.05) is 0 Å². The minimum Gasteiger partial charge on any atom is -0.484 e. The molecule has 0 aliphatic rings. The summed E-state index contributed by atoms with van der Waals surface area (Å²) in [5.74, 6) is -0.755. The van der Waals surface area contributed by atoms with Crippen LogP contribution in [0.15, 0.2) is 38.0 Å². The van der Waals surface area contributed by atoms with Crippen molar-refractivity contribution >= 4 is 0 Å². The monoisotopic (exact) mass is 211 g/mol. The first-order valence-corrected chi connectivity index (χ1v) is 4.08. The third-order valence-corrected chi connectivity index (χ3v) is 1.60. The molecule has 0 atom stereocenters. The third-order valence-electron chi connectivity index (χ3n) is 1.60. The predicted octanol–water partition coefficient (Wildman–Crippen LogP) is 1.35. The van der Waals surface area contributed by atoms with Crippen LogP contribution in [0.4, 0.5) is 4.39 Å². The average Bonchev–Trinajstić information content (AvgIpc) is 2.64. The molecular weight excluding hydrogens is 205 g/mol. The Balaban J connectivity index is 1.99. The molecule has 0 fully saturated rings. The van der Waals surface area contributed by atoms with Crippen LogP contribution >= 0.6 is 0 Å². The van der Waals surface area contributed by atoms with E-state index in [1.54, 1.807) is 0 Å². The highest BCUT2D eigenvalue weighted by atomic mass is 19.1. The summed E-state index contributed by atoms with van der Waals surface area (Å²) in [6.45, 7) is -0.0443. The molecule has 0 unspecified atom stereocenters. The van der Waals surface area contributed by atoms with Crippen LogP contribution in [-0.4, -0.2) is 5.16 Å². The molecule has 2 aromatic rings. The Kier molecular flexibility index (Phi) is 2.49. The summed E-state index contributed by atoms with van der Waals surface area (Å²) in [4.78, 5) is 10.4. The van der Waals surface area contributed by atoms with Crippen molar-refractivity contribution in [2.45, 2.75) is 6.61 Å². The lowest BCUT2D eigenvalue weighted by Crippen LogP contribution is -1.96. The molecule has 0 amide bonds. The first-order chi connectivity index (χ1) is 7.24. The molecule has 1 heterocycles. The Morgan fingerprint density at radius 2 is 2.07 bits per heavy atom. The SMILES string of the molecule is O=c1onc(COc2ccc(F)cc2)o1. The first-order valence-electron chi connectivity index (χ1n) is 4.08. The number of rotatable bonds is 3. The van der Waals surface area contributed by atoms with E-state index in [1.165, 1.54) is 24.3 Å². The maximum atomic E-state index is 12.5. The van der Waals surface area contributed by atoms with E-state index >= 15 is 0 Å². The maximum Gasteiger partial charge on any atom is 0.542 e. The number of aromatic nitrogens is 1. The van der Waals surface area contributed by atoms with Crippen LogP contribution in [0.1, 0.15) is 5.89 Å². The van der Waals surface area contributed by atoms with Crippen molar-refractivity contribution in [3.05, 3.63) is 46.6 Å². The van der Waals surface area contributed by atoms with Gasteiger partial charge in [0.1, 0.15) is 11.6 Å². The second-order valence-corrected chi connectivity index (χ2v) is 2.67. The predicted molar refractivity (Wildman–Crippen MR) is 45.8 cm³/mol. The fraction of sp³-hybridized carbons (Fsp3) is 0.111. The zero-order valence-electron chi connectivity index (χ0n) is 7.47. The summed E-state index contributed by atoms with van der Waals surface area (Å²) >= 11 is 0. The minimum absolute atomic E-state index is 0.0318. The van der Waals surface area contributed by atoms with Crippen LogP contribution in [0.3, 0.4) is 0 Å². The van der Waals surface area contributed by atoms with Crippen molar-refractivity contribution in [1.29, 1.82) is 0 Å². The van der Waals surface area contributed by atoms with E-state index in [0.29, 0.717) is 5.75 Å². The highest BCUT2D eigenvalue weighted by Crippen LogP contribution is 2.12. The van der Waals surface area contributed by atoms with Gasteiger partial charge in [-0.25, -0.2) is 9.18 Å². The molecule has 2 rings (SSSR count). The molecule has 0 saturated carbocycles. The highest BCUT2D eigenvalue weighted by molar-refractivity contribution is 5.21. The summed E-state index contributed by atoms with van der Waals surface area (Å²) < 4.78 is 26.3. The second-order valence-electron chi connectivity index (χ2n) is 2.67. The number of hydrogen-bond acceptors (Lipinski definition) is 5. The number of benzene rings is 1. The summed E-state index contributed by atoms with van der Waals surface area (Å²) in [7, 11) is 0. The summed E-state index contributed by atoms with van der Waals surface area (Å²) in [6.07, 6.45) is 0. The Hall–Kier alpha value is -2.11. The van der Waals surface area contributed by atoms with Crippen LogP contribution in [0.2, 0.25) is 0 Å². The molecule has 78 valence electrons. The van der Waals surface area contributed by atoms with E-state index in [1.807, 2.05) is 0 Å². The van der Waals surface area contributed by atoms with E-state index in [0.717, 1.165) is 0 Å². The summed E-state index contributed by atoms with van der Waals surface area (Å²) in [5.41, 5.74) is 0. The molecule has 0 spiro atoms. The van der Waals surface area contributed by atoms with Crippen LogP contribution in [-0.2, 0) is 6.61 Å². The number of hydrogen-bond donors (Lipinski definition) is 0. The van der Waals surface area contributed by atoms with Crippen molar-refractivity contribution in [2.75, 3.05) is 0 Å². The van der Waals surface area contributed by atoms with E-state index in [9.17, 15) is 9.18 Å². The van der Waals surface area contributed by atoms with Crippen LogP contribution in [0, 0.1) is 5.82 Å². The van der Waals surface area contributed by atoms with Crippen LogP contribution < -0.4 is 10.6 Å². The second kappa shape index (κ2) is 3.95. The van der Waals surface area contributed by atoms with Gasteiger partial charge >= 0.3 is 5.82 Å². The average molecular weight is 211 g/mol. The van der Waals surface area contributed by atoms with Gasteiger partial charge in [0.05, 0.1) is 0 Å². The van der Waals surface area contributed by atoms with Gasteiger partial charge in [-0.3, -0.25) is 4.52 Å². The molecule has 5 nitrogen and oxygen atoms in total. The Bertz CT molecular complexity index is 487. The van der Waals surface area contributed by atoms with E-state index in [4.69, 9.17) is 4.74 Å². The molecule has 15 heavy (non-hydrogen) atoms. The van der Waals surface area contributed by atoms with Gasteiger partial charge in [-0.1, -0.05) is 0 Å². The fourth-order valence-corrected chi connectivity index (χ4v) is 0.953. The fourth-order valence-electron chi connectivity index (χ4n) is 0.953. The normalized spacial score (nSPS) is 10.2. The van der Waals surface area contributed by atoms with Crippen molar-refractivity contribution in [3.8, 4) is 5.75 Å². The van der Waals surface area contributed by atoms with Gasteiger partial charge in [0.15, 0.2) is 6.61 Å². The quantitative estimate of drug-likeness (QED) is 0.766. The van der Waals surface area contributed by atoms with Gasteiger partial charge in [0.25, 0.3) is 5.89 Å². The molecule has 0 aliphatic carbocycles. The summed E-state index contributed by atoms with van der Waals surface area (Å²) in [6, 6.07) is 5.42. The largest absolute Gasteiger partial charge is 0.542 e. The van der Waals surface area contributed by atoms with Crippen LogP contribution in [0.5, 0.6) is 5.75 Å². The van der Waals surface area contributed by atoms with Crippen molar-refractivity contribution in [3.63, 3.8) is 0 Å². The Labute approximate surface area is 83.1 Å². The molecule has 0 saturated heterocycles. The molecule has 6 heteroatoms. The zero-order chi connectivity index (χ0) is 10.7. The lowest BCUT2D eigenvalue weighted by atomic mass is 10.3. The molecule has 1 aromatic heterocycles. The van der Waals surface area contributed by atoms with Gasteiger partial charge in [-0.15, -0.1) is 0 Å². The van der Waals surface area contributed by atoms with Gasteiger partial charge in [-0.05, 0) is 29.4 Å². The lowest BCUT2D eigenvalue weighted by molar-refractivity contribution is 0.259. The molecule has 0 aliphatic heterocycles. The first kappa shape index (κ1) is 9.45. The molecule has 1 aromatic carbocycles. The Morgan fingerprint density at radius 1 is 1.33 bits per heavy atom. The molecule has 0 bridgehead atoms. The standard InChI is InChI=1S/C9H6FNO4/c10-6-1-3-7(4-2-6)13-5-8-11-15-9(12)14-8/h1-4H,5H2. The van der Waals surface area contributed by atoms with E-state index in [2.05, 4.69) is 14.1 Å². The van der Waals surface area contributed by atoms with E-state index < -0.39 is 5.82 Å². The topological polar surface area (TPSA) is 65.5 Å². The molecular formula is C9H6FNO4. The maximum absolute atomic E-state index is 12.5.